The molecule has 2 aromatic rings. The second kappa shape index (κ2) is 22.3. The van der Waals surface area contributed by atoms with Crippen LogP contribution in [-0.2, 0) is 13.1 Å². The van der Waals surface area contributed by atoms with Gasteiger partial charge in [-0.3, -0.25) is 9.97 Å². The van der Waals surface area contributed by atoms with Gasteiger partial charge in [0.25, 0.3) is 0 Å². The molecule has 3 rings (SSSR count). The van der Waals surface area contributed by atoms with Gasteiger partial charge in [0.2, 0.25) is 0 Å². The molecule has 6 heteroatoms. The average Bonchev–Trinajstić information content (AvgIpc) is 3.35. The Labute approximate surface area is 197 Å². The molecule has 0 saturated carbocycles. The molecule has 0 aromatic carbocycles. The van der Waals surface area contributed by atoms with Crippen LogP contribution in [0.2, 0.25) is 0 Å². The maximum absolute atomic E-state index is 4.19. The van der Waals surface area contributed by atoms with Gasteiger partial charge >= 0.3 is 0 Å². The summed E-state index contributed by atoms with van der Waals surface area (Å²) in [7, 11) is 1.92. The summed E-state index contributed by atoms with van der Waals surface area (Å²) in [5.41, 5.74) is 2.32. The van der Waals surface area contributed by atoms with Crippen molar-refractivity contribution >= 4 is 0 Å². The van der Waals surface area contributed by atoms with Crippen LogP contribution in [0.1, 0.15) is 58.7 Å². The van der Waals surface area contributed by atoms with Gasteiger partial charge in [0.1, 0.15) is 0 Å². The van der Waals surface area contributed by atoms with E-state index in [0.717, 1.165) is 31.9 Å². The van der Waals surface area contributed by atoms with Crippen LogP contribution in [0, 0.1) is 0 Å². The first kappa shape index (κ1) is 30.1. The van der Waals surface area contributed by atoms with E-state index in [4.69, 9.17) is 0 Å². The first-order valence-corrected chi connectivity index (χ1v) is 12.3. The van der Waals surface area contributed by atoms with Crippen LogP contribution in [-0.4, -0.2) is 60.7 Å². The van der Waals surface area contributed by atoms with Crippen LogP contribution in [0.3, 0.4) is 0 Å². The van der Waals surface area contributed by atoms with Crippen molar-refractivity contribution in [2.75, 3.05) is 39.8 Å². The molecule has 1 aliphatic heterocycles. The van der Waals surface area contributed by atoms with Crippen molar-refractivity contribution in [1.29, 1.82) is 0 Å². The number of aromatic nitrogens is 2. The number of hydrogen-bond donors (Lipinski definition) is 3. The van der Waals surface area contributed by atoms with Crippen LogP contribution in [0.4, 0.5) is 0 Å². The third-order valence-electron chi connectivity index (χ3n) is 4.57. The zero-order valence-electron chi connectivity index (χ0n) is 21.4. The van der Waals surface area contributed by atoms with E-state index < -0.39 is 0 Å². The highest BCUT2D eigenvalue weighted by molar-refractivity contribution is 5.07. The Morgan fingerprint density at radius 2 is 1.75 bits per heavy atom. The predicted octanol–water partition coefficient (Wildman–Crippen LogP) is 4.10. The molecule has 3 heterocycles. The minimum Gasteiger partial charge on any atom is -0.316 e. The molecule has 0 atom stereocenters. The molecule has 1 aliphatic rings. The Bertz CT molecular complexity index is 600. The Morgan fingerprint density at radius 3 is 2.28 bits per heavy atom. The molecule has 0 bridgehead atoms. The number of pyridine rings is 2. The third-order valence-corrected chi connectivity index (χ3v) is 4.57. The summed E-state index contributed by atoms with van der Waals surface area (Å²) < 4.78 is 0. The van der Waals surface area contributed by atoms with Crippen molar-refractivity contribution in [1.82, 2.24) is 30.8 Å². The second-order valence-corrected chi connectivity index (χ2v) is 7.65. The fourth-order valence-corrected chi connectivity index (χ4v) is 2.94. The van der Waals surface area contributed by atoms with Gasteiger partial charge in [-0.05, 0) is 63.3 Å². The van der Waals surface area contributed by atoms with Crippen molar-refractivity contribution in [3.05, 3.63) is 60.2 Å². The van der Waals surface area contributed by atoms with Crippen molar-refractivity contribution in [3.8, 4) is 0 Å². The van der Waals surface area contributed by atoms with Gasteiger partial charge in [-0.1, -0.05) is 46.8 Å². The highest BCUT2D eigenvalue weighted by Crippen LogP contribution is 2.05. The number of nitrogens with zero attached hydrogens (tertiary/aromatic N) is 3. The highest BCUT2D eigenvalue weighted by atomic mass is 15.1. The van der Waals surface area contributed by atoms with Crippen molar-refractivity contribution in [2.45, 2.75) is 66.6 Å². The molecule has 182 valence electrons. The molecule has 0 aliphatic carbocycles. The maximum Gasteiger partial charge on any atom is 0.0541 e. The summed E-state index contributed by atoms with van der Waals surface area (Å²) in [6.07, 6.45) is 8.27. The second-order valence-electron chi connectivity index (χ2n) is 7.65. The SMILES string of the molecule is CC.CC(C)NCc1ccccn1.CCNCCN1CCCC1.CNCc1cccnc1. The van der Waals surface area contributed by atoms with Gasteiger partial charge in [0.15, 0.2) is 0 Å². The molecule has 3 N–H and O–H groups in total. The van der Waals surface area contributed by atoms with Gasteiger partial charge in [0.05, 0.1) is 5.69 Å². The van der Waals surface area contributed by atoms with Gasteiger partial charge in [-0.15, -0.1) is 0 Å². The van der Waals surface area contributed by atoms with E-state index in [1.54, 1.807) is 6.20 Å². The molecule has 1 fully saturated rings. The molecular weight excluding hydrogens is 396 g/mol. The van der Waals surface area contributed by atoms with Gasteiger partial charge in [0, 0.05) is 50.8 Å². The number of nitrogens with one attached hydrogen (secondary N) is 3. The summed E-state index contributed by atoms with van der Waals surface area (Å²) >= 11 is 0. The zero-order valence-corrected chi connectivity index (χ0v) is 21.4. The quantitative estimate of drug-likeness (QED) is 0.506. The molecular formula is C26H48N6. The van der Waals surface area contributed by atoms with Gasteiger partial charge < -0.3 is 20.9 Å². The smallest absolute Gasteiger partial charge is 0.0541 e. The molecule has 1 saturated heterocycles. The Morgan fingerprint density at radius 1 is 1.00 bits per heavy atom. The van der Waals surface area contributed by atoms with Crippen molar-refractivity contribution < 1.29 is 0 Å². The van der Waals surface area contributed by atoms with Crippen LogP contribution >= 0.6 is 0 Å². The minimum absolute atomic E-state index is 0.525. The van der Waals surface area contributed by atoms with E-state index in [9.17, 15) is 0 Å². The maximum atomic E-state index is 4.19. The molecule has 32 heavy (non-hydrogen) atoms. The van der Waals surface area contributed by atoms with E-state index in [1.165, 1.54) is 38.0 Å². The van der Waals surface area contributed by atoms with Gasteiger partial charge in [-0.2, -0.15) is 0 Å². The molecule has 6 nitrogen and oxygen atoms in total. The molecule has 0 spiro atoms. The number of rotatable bonds is 9. The van der Waals surface area contributed by atoms with Crippen LogP contribution in [0.5, 0.6) is 0 Å². The lowest BCUT2D eigenvalue weighted by molar-refractivity contribution is 0.337. The lowest BCUT2D eigenvalue weighted by atomic mass is 10.3. The molecule has 0 radical (unpaired) electrons. The van der Waals surface area contributed by atoms with Crippen molar-refractivity contribution in [2.24, 2.45) is 0 Å². The summed E-state index contributed by atoms with van der Waals surface area (Å²) in [6.45, 7) is 18.3. The average molecular weight is 445 g/mol. The summed E-state index contributed by atoms with van der Waals surface area (Å²) in [6, 6.07) is 10.5. The Kier molecular flexibility index (Phi) is 21.0. The minimum atomic E-state index is 0.525. The van der Waals surface area contributed by atoms with E-state index in [-0.39, 0.29) is 0 Å². The first-order valence-electron chi connectivity index (χ1n) is 12.3. The molecule has 0 amide bonds. The normalized spacial score (nSPS) is 12.7. The largest absolute Gasteiger partial charge is 0.316 e. The van der Waals surface area contributed by atoms with E-state index in [1.807, 2.05) is 63.6 Å². The Balaban J connectivity index is 0.000000435. The molecule has 2 aromatic heterocycles. The van der Waals surface area contributed by atoms with Gasteiger partial charge in [-0.25, -0.2) is 0 Å². The fraction of sp³-hybridized carbons (Fsp3) is 0.615. The lowest BCUT2D eigenvalue weighted by Gasteiger charge is -2.13. The first-order chi connectivity index (χ1) is 15.7. The van der Waals surface area contributed by atoms with Crippen molar-refractivity contribution in [3.63, 3.8) is 0 Å². The fourth-order valence-electron chi connectivity index (χ4n) is 2.94. The van der Waals surface area contributed by atoms with Crippen LogP contribution in [0.25, 0.3) is 0 Å². The molecule has 0 unspecified atom stereocenters. The zero-order chi connectivity index (χ0) is 23.9. The number of likely N-dealkylation sites (tertiary alicyclic amines) is 1. The van der Waals surface area contributed by atoms with E-state index in [2.05, 4.69) is 51.6 Å². The standard InChI is InChI=1S/C9H14N2.C8H18N2.C7H10N2.C2H6/c1-8(2)11-7-9-5-3-4-6-10-9;1-2-9-5-8-10-6-3-4-7-10;1-8-5-7-3-2-4-9-6-7;1-2/h3-6,8,11H,7H2,1-2H3;9H,2-8H2,1H3;2-4,6,8H,5H2,1H3;1-2H3. The highest BCUT2D eigenvalue weighted by Gasteiger charge is 2.09. The third kappa shape index (κ3) is 17.8. The van der Waals surface area contributed by atoms with E-state index in [0.29, 0.717) is 6.04 Å². The monoisotopic (exact) mass is 444 g/mol. The number of hydrogen-bond acceptors (Lipinski definition) is 6. The predicted molar refractivity (Wildman–Crippen MR) is 139 cm³/mol. The van der Waals surface area contributed by atoms with Crippen LogP contribution < -0.4 is 16.0 Å². The Hall–Kier alpha value is -1.86. The number of likely N-dealkylation sites (N-methyl/N-ethyl adjacent to an activating group) is 1. The summed E-state index contributed by atoms with van der Waals surface area (Å²) in [5, 5.41) is 9.68. The summed E-state index contributed by atoms with van der Waals surface area (Å²) in [4.78, 5) is 10.7. The topological polar surface area (TPSA) is 65.1 Å². The summed E-state index contributed by atoms with van der Waals surface area (Å²) in [5.74, 6) is 0. The lowest BCUT2D eigenvalue weighted by Crippen LogP contribution is -2.29. The van der Waals surface area contributed by atoms with Crippen LogP contribution in [0.15, 0.2) is 48.9 Å². The van der Waals surface area contributed by atoms with E-state index >= 15 is 0 Å².